The van der Waals surface area contributed by atoms with Crippen molar-refractivity contribution in [1.82, 2.24) is 4.98 Å². The van der Waals surface area contributed by atoms with Crippen LogP contribution in [0.25, 0.3) is 0 Å². The van der Waals surface area contributed by atoms with Gasteiger partial charge in [0.15, 0.2) is 0 Å². The van der Waals surface area contributed by atoms with Crippen LogP contribution < -0.4 is 10.2 Å². The molecule has 118 valence electrons. The van der Waals surface area contributed by atoms with Crippen LogP contribution >= 0.6 is 0 Å². The predicted molar refractivity (Wildman–Crippen MR) is 75.0 cm³/mol. The molecule has 7 nitrogen and oxygen atoms in total. The minimum absolute atomic E-state index is 0.157. The number of alkyl halides is 2. The van der Waals surface area contributed by atoms with Gasteiger partial charge in [-0.1, -0.05) is 6.92 Å². The molecule has 9 heteroatoms. The largest absolute Gasteiger partial charge is 0.395 e. The van der Waals surface area contributed by atoms with Gasteiger partial charge in [0, 0.05) is 19.2 Å². The summed E-state index contributed by atoms with van der Waals surface area (Å²) in [5, 5.41) is 22.9. The minimum atomic E-state index is -2.69. The number of rotatable bonds is 9. The lowest BCUT2D eigenvalue weighted by Crippen LogP contribution is -2.33. The third kappa shape index (κ3) is 5.10. The van der Waals surface area contributed by atoms with E-state index in [0.29, 0.717) is 12.4 Å². The van der Waals surface area contributed by atoms with Crippen LogP contribution in [0.15, 0.2) is 12.1 Å². The lowest BCUT2D eigenvalue weighted by molar-refractivity contribution is -0.384. The zero-order valence-corrected chi connectivity index (χ0v) is 11.6. The molecule has 0 spiro atoms. The Morgan fingerprint density at radius 1 is 1.52 bits per heavy atom. The Bertz CT molecular complexity index is 474. The Labute approximate surface area is 120 Å². The number of pyridine rings is 1. The topological polar surface area (TPSA) is 91.5 Å². The quantitative estimate of drug-likeness (QED) is 0.534. The number of nitro groups is 1. The smallest absolute Gasteiger partial charge is 0.311 e. The first kappa shape index (κ1) is 17.0. The molecule has 0 saturated carbocycles. The fourth-order valence-corrected chi connectivity index (χ4v) is 1.74. The highest BCUT2D eigenvalue weighted by molar-refractivity contribution is 5.61. The standard InChI is InChI=1S/C12H18F2N4O3/c1-2-5-15-11-4-3-9(18(20)21)12(16-11)17(6-7-19)8-10(13)14/h3-4,10,19H,2,5-8H2,1H3,(H,15,16). The molecule has 1 aromatic rings. The van der Waals surface area contributed by atoms with E-state index < -0.39 is 24.5 Å². The van der Waals surface area contributed by atoms with Gasteiger partial charge in [0.1, 0.15) is 5.82 Å². The number of halogens is 2. The maximum absolute atomic E-state index is 12.6. The van der Waals surface area contributed by atoms with Crippen molar-refractivity contribution in [1.29, 1.82) is 0 Å². The molecule has 0 aliphatic rings. The van der Waals surface area contributed by atoms with E-state index in [1.54, 1.807) is 0 Å². The average Bonchev–Trinajstić information content (AvgIpc) is 2.43. The van der Waals surface area contributed by atoms with E-state index in [-0.39, 0.29) is 18.1 Å². The summed E-state index contributed by atoms with van der Waals surface area (Å²) in [5.74, 6) is 0.199. The van der Waals surface area contributed by atoms with Gasteiger partial charge in [-0.15, -0.1) is 0 Å². The highest BCUT2D eigenvalue weighted by Crippen LogP contribution is 2.28. The maximum Gasteiger partial charge on any atom is 0.311 e. The zero-order valence-electron chi connectivity index (χ0n) is 11.6. The van der Waals surface area contributed by atoms with Gasteiger partial charge in [0.2, 0.25) is 5.82 Å². The summed E-state index contributed by atoms with van der Waals surface area (Å²) >= 11 is 0. The molecule has 21 heavy (non-hydrogen) atoms. The number of nitrogens with one attached hydrogen (secondary N) is 1. The highest BCUT2D eigenvalue weighted by atomic mass is 19.3. The summed E-state index contributed by atoms with van der Waals surface area (Å²) < 4.78 is 25.2. The second-order valence-electron chi connectivity index (χ2n) is 4.28. The van der Waals surface area contributed by atoms with E-state index in [9.17, 15) is 18.9 Å². The summed E-state index contributed by atoms with van der Waals surface area (Å²) in [6.07, 6.45) is -1.86. The molecule has 0 bridgehead atoms. The van der Waals surface area contributed by atoms with Crippen molar-refractivity contribution in [2.24, 2.45) is 0 Å². The lowest BCUT2D eigenvalue weighted by atomic mass is 10.3. The van der Waals surface area contributed by atoms with E-state index in [4.69, 9.17) is 5.11 Å². The Morgan fingerprint density at radius 2 is 2.24 bits per heavy atom. The van der Waals surface area contributed by atoms with Gasteiger partial charge in [0.05, 0.1) is 18.1 Å². The van der Waals surface area contributed by atoms with Crippen LogP contribution in [-0.2, 0) is 0 Å². The van der Waals surface area contributed by atoms with Crippen molar-refractivity contribution in [3.8, 4) is 0 Å². The van der Waals surface area contributed by atoms with E-state index >= 15 is 0 Å². The molecule has 0 aliphatic heterocycles. The summed E-state index contributed by atoms with van der Waals surface area (Å²) in [4.78, 5) is 15.4. The first-order valence-corrected chi connectivity index (χ1v) is 6.52. The normalized spacial score (nSPS) is 10.7. The Morgan fingerprint density at radius 3 is 2.76 bits per heavy atom. The van der Waals surface area contributed by atoms with Crippen molar-refractivity contribution in [3.63, 3.8) is 0 Å². The minimum Gasteiger partial charge on any atom is -0.395 e. The molecule has 1 aromatic heterocycles. The Hall–Kier alpha value is -2.03. The number of nitrogens with zero attached hydrogens (tertiary/aromatic N) is 3. The molecule has 1 rings (SSSR count). The second kappa shape index (κ2) is 8.30. The number of hydrogen-bond donors (Lipinski definition) is 2. The molecule has 0 aromatic carbocycles. The first-order valence-electron chi connectivity index (χ1n) is 6.52. The fraction of sp³-hybridized carbons (Fsp3) is 0.583. The number of aromatic nitrogens is 1. The van der Waals surface area contributed by atoms with E-state index in [1.165, 1.54) is 12.1 Å². The summed E-state index contributed by atoms with van der Waals surface area (Å²) in [5.41, 5.74) is -0.369. The number of hydrogen-bond acceptors (Lipinski definition) is 6. The third-order valence-corrected chi connectivity index (χ3v) is 2.64. The van der Waals surface area contributed by atoms with Crippen molar-refractivity contribution < 1.29 is 18.8 Å². The van der Waals surface area contributed by atoms with E-state index in [0.717, 1.165) is 11.3 Å². The molecule has 1 heterocycles. The number of aliphatic hydroxyl groups is 1. The van der Waals surface area contributed by atoms with Gasteiger partial charge in [-0.2, -0.15) is 0 Å². The molecule has 0 amide bonds. The van der Waals surface area contributed by atoms with Gasteiger partial charge in [0.25, 0.3) is 6.43 Å². The summed E-state index contributed by atoms with van der Waals surface area (Å²) in [6.45, 7) is 1.26. The van der Waals surface area contributed by atoms with Crippen LogP contribution in [0.5, 0.6) is 0 Å². The van der Waals surface area contributed by atoms with Crippen LogP contribution in [0, 0.1) is 10.1 Å². The summed E-state index contributed by atoms with van der Waals surface area (Å²) in [7, 11) is 0. The van der Waals surface area contributed by atoms with Crippen molar-refractivity contribution in [2.45, 2.75) is 19.8 Å². The number of anilines is 2. The van der Waals surface area contributed by atoms with Crippen LogP contribution in [-0.4, -0.2) is 47.7 Å². The Kier molecular flexibility index (Phi) is 6.73. The van der Waals surface area contributed by atoms with Crippen LogP contribution in [0.4, 0.5) is 26.1 Å². The van der Waals surface area contributed by atoms with Crippen LogP contribution in [0.1, 0.15) is 13.3 Å². The van der Waals surface area contributed by atoms with Crippen molar-refractivity contribution >= 4 is 17.3 Å². The fourth-order valence-electron chi connectivity index (χ4n) is 1.74. The SMILES string of the molecule is CCCNc1ccc([N+](=O)[O-])c(N(CCO)CC(F)F)n1. The van der Waals surface area contributed by atoms with Gasteiger partial charge in [-0.25, -0.2) is 13.8 Å². The average molecular weight is 304 g/mol. The van der Waals surface area contributed by atoms with Crippen LogP contribution in [0.2, 0.25) is 0 Å². The summed E-state index contributed by atoms with van der Waals surface area (Å²) in [6, 6.07) is 2.65. The van der Waals surface area contributed by atoms with E-state index in [1.807, 2.05) is 6.92 Å². The molecule has 0 unspecified atom stereocenters. The molecule has 0 saturated heterocycles. The van der Waals surface area contributed by atoms with Gasteiger partial charge >= 0.3 is 5.69 Å². The Balaban J connectivity index is 3.14. The molecule has 0 fully saturated rings. The first-order chi connectivity index (χ1) is 9.99. The zero-order chi connectivity index (χ0) is 15.8. The molecule has 0 aliphatic carbocycles. The molecule has 0 radical (unpaired) electrons. The van der Waals surface area contributed by atoms with Gasteiger partial charge in [-0.05, 0) is 12.5 Å². The molecule has 0 atom stereocenters. The predicted octanol–water partition coefficient (Wildman–Crippen LogP) is 1.88. The van der Waals surface area contributed by atoms with Gasteiger partial charge in [-0.3, -0.25) is 10.1 Å². The maximum atomic E-state index is 12.6. The second-order valence-corrected chi connectivity index (χ2v) is 4.28. The molecular weight excluding hydrogens is 286 g/mol. The molecular formula is C12H18F2N4O3. The highest BCUT2D eigenvalue weighted by Gasteiger charge is 2.24. The van der Waals surface area contributed by atoms with Crippen molar-refractivity contribution in [2.75, 3.05) is 36.5 Å². The number of aliphatic hydroxyl groups excluding tert-OH is 1. The third-order valence-electron chi connectivity index (χ3n) is 2.64. The van der Waals surface area contributed by atoms with Gasteiger partial charge < -0.3 is 15.3 Å². The van der Waals surface area contributed by atoms with Crippen LogP contribution in [0.3, 0.4) is 0 Å². The van der Waals surface area contributed by atoms with E-state index in [2.05, 4.69) is 10.3 Å². The van der Waals surface area contributed by atoms with Crippen molar-refractivity contribution in [3.05, 3.63) is 22.2 Å². The monoisotopic (exact) mass is 304 g/mol. The molecule has 2 N–H and O–H groups in total. The lowest BCUT2D eigenvalue weighted by Gasteiger charge is -2.22.